The molecule has 82 valence electrons. The molecule has 1 fully saturated rings. The SMILES string of the molecule is NC1(c2cnc3ccccc3n2)CC1(F)F. The molecular weight excluding hydrogens is 212 g/mol. The predicted octanol–water partition coefficient (Wildman–Crippen LogP) is 1.82. The highest BCUT2D eigenvalue weighted by molar-refractivity contribution is 5.73. The third-order valence-corrected chi connectivity index (χ3v) is 2.93. The van der Waals surface area contributed by atoms with E-state index in [1.54, 1.807) is 18.2 Å². The van der Waals surface area contributed by atoms with Crippen LogP contribution in [0.5, 0.6) is 0 Å². The number of para-hydroxylation sites is 2. The molecule has 1 aromatic heterocycles. The standard InChI is InChI=1S/C11H9F2N3/c12-11(13)6-10(11,14)9-5-15-7-3-1-2-4-8(7)16-9/h1-5H,6,14H2. The molecule has 1 unspecified atom stereocenters. The van der Waals surface area contributed by atoms with Gasteiger partial charge in [-0.3, -0.25) is 4.98 Å². The van der Waals surface area contributed by atoms with Crippen molar-refractivity contribution in [2.75, 3.05) is 0 Å². The van der Waals surface area contributed by atoms with Gasteiger partial charge in [-0.25, -0.2) is 13.8 Å². The Kier molecular flexibility index (Phi) is 1.64. The number of nitrogens with two attached hydrogens (primary N) is 1. The van der Waals surface area contributed by atoms with Gasteiger partial charge in [-0.2, -0.15) is 0 Å². The van der Waals surface area contributed by atoms with Crippen molar-refractivity contribution >= 4 is 11.0 Å². The van der Waals surface area contributed by atoms with Crippen molar-refractivity contribution < 1.29 is 8.78 Å². The van der Waals surface area contributed by atoms with Gasteiger partial charge in [0, 0.05) is 6.42 Å². The van der Waals surface area contributed by atoms with Crippen molar-refractivity contribution in [3.63, 3.8) is 0 Å². The zero-order valence-corrected chi connectivity index (χ0v) is 8.32. The predicted molar refractivity (Wildman–Crippen MR) is 55.0 cm³/mol. The van der Waals surface area contributed by atoms with Crippen LogP contribution >= 0.6 is 0 Å². The number of benzene rings is 1. The molecule has 1 aliphatic carbocycles. The van der Waals surface area contributed by atoms with E-state index in [-0.39, 0.29) is 12.1 Å². The Morgan fingerprint density at radius 2 is 1.81 bits per heavy atom. The summed E-state index contributed by atoms with van der Waals surface area (Å²) in [5.41, 5.74) is 5.40. The molecule has 2 N–H and O–H groups in total. The van der Waals surface area contributed by atoms with Crippen molar-refractivity contribution in [1.29, 1.82) is 0 Å². The Morgan fingerprint density at radius 1 is 1.19 bits per heavy atom. The average molecular weight is 221 g/mol. The maximum atomic E-state index is 13.1. The minimum absolute atomic E-state index is 0.163. The van der Waals surface area contributed by atoms with Gasteiger partial charge >= 0.3 is 0 Å². The van der Waals surface area contributed by atoms with E-state index in [0.29, 0.717) is 11.0 Å². The van der Waals surface area contributed by atoms with E-state index in [2.05, 4.69) is 9.97 Å². The van der Waals surface area contributed by atoms with Crippen molar-refractivity contribution in [2.24, 2.45) is 5.73 Å². The highest BCUT2D eigenvalue weighted by Gasteiger charge is 2.71. The highest BCUT2D eigenvalue weighted by Crippen LogP contribution is 2.56. The minimum Gasteiger partial charge on any atom is -0.315 e. The summed E-state index contributed by atoms with van der Waals surface area (Å²) in [7, 11) is 0. The number of halogens is 2. The molecule has 1 atom stereocenters. The Balaban J connectivity index is 2.14. The molecule has 0 bridgehead atoms. The highest BCUT2D eigenvalue weighted by atomic mass is 19.3. The minimum atomic E-state index is -2.86. The number of nitrogens with zero attached hydrogens (tertiary/aromatic N) is 2. The molecular formula is C11H9F2N3. The number of hydrogen-bond donors (Lipinski definition) is 1. The second-order valence-corrected chi connectivity index (χ2v) is 4.10. The lowest BCUT2D eigenvalue weighted by Crippen LogP contribution is -2.28. The fourth-order valence-corrected chi connectivity index (χ4v) is 1.76. The number of fused-ring (bicyclic) bond motifs is 1. The van der Waals surface area contributed by atoms with E-state index in [1.165, 1.54) is 6.20 Å². The number of hydrogen-bond acceptors (Lipinski definition) is 3. The Bertz CT molecular complexity index is 570. The molecule has 5 heteroatoms. The Hall–Kier alpha value is -1.62. The van der Waals surface area contributed by atoms with Crippen LogP contribution in [0.4, 0.5) is 8.78 Å². The smallest absolute Gasteiger partial charge is 0.274 e. The van der Waals surface area contributed by atoms with Crippen LogP contribution in [0.15, 0.2) is 30.5 Å². The molecule has 0 spiro atoms. The van der Waals surface area contributed by atoms with Crippen LogP contribution in [-0.2, 0) is 5.54 Å². The van der Waals surface area contributed by atoms with E-state index in [4.69, 9.17) is 5.73 Å². The van der Waals surface area contributed by atoms with Crippen LogP contribution in [0, 0.1) is 0 Å². The Labute approximate surface area is 90.3 Å². The fourth-order valence-electron chi connectivity index (χ4n) is 1.76. The quantitative estimate of drug-likeness (QED) is 0.799. The maximum Gasteiger partial charge on any atom is 0.274 e. The van der Waals surface area contributed by atoms with Gasteiger partial charge in [0.25, 0.3) is 5.92 Å². The third kappa shape index (κ3) is 1.15. The van der Waals surface area contributed by atoms with Crippen LogP contribution in [0.25, 0.3) is 11.0 Å². The summed E-state index contributed by atoms with van der Waals surface area (Å²) < 4.78 is 26.1. The van der Waals surface area contributed by atoms with Crippen LogP contribution in [-0.4, -0.2) is 15.9 Å². The van der Waals surface area contributed by atoms with Crippen molar-refractivity contribution in [2.45, 2.75) is 17.9 Å². The molecule has 0 aliphatic heterocycles. The first-order chi connectivity index (χ1) is 7.53. The summed E-state index contributed by atoms with van der Waals surface area (Å²) in [6, 6.07) is 7.12. The Morgan fingerprint density at radius 3 is 2.44 bits per heavy atom. The molecule has 0 radical (unpaired) electrons. The van der Waals surface area contributed by atoms with Crippen LogP contribution < -0.4 is 5.73 Å². The van der Waals surface area contributed by atoms with Gasteiger partial charge in [0.05, 0.1) is 22.9 Å². The number of rotatable bonds is 1. The second-order valence-electron chi connectivity index (χ2n) is 4.10. The second kappa shape index (κ2) is 2.74. The number of alkyl halides is 2. The molecule has 16 heavy (non-hydrogen) atoms. The van der Waals surface area contributed by atoms with E-state index in [1.807, 2.05) is 6.07 Å². The zero-order chi connectivity index (χ0) is 11.4. The van der Waals surface area contributed by atoms with Crippen LogP contribution in [0.3, 0.4) is 0 Å². The molecule has 0 amide bonds. The van der Waals surface area contributed by atoms with Gasteiger partial charge in [0.2, 0.25) is 0 Å². The number of aromatic nitrogens is 2. The van der Waals surface area contributed by atoms with Crippen molar-refractivity contribution in [3.8, 4) is 0 Å². The summed E-state index contributed by atoms with van der Waals surface area (Å²) in [5.74, 6) is -2.86. The topological polar surface area (TPSA) is 51.8 Å². The van der Waals surface area contributed by atoms with Gasteiger partial charge < -0.3 is 5.73 Å². The lowest BCUT2D eigenvalue weighted by Gasteiger charge is -2.09. The lowest BCUT2D eigenvalue weighted by molar-refractivity contribution is 0.0881. The molecule has 1 heterocycles. The van der Waals surface area contributed by atoms with E-state index in [0.717, 1.165) is 0 Å². The summed E-state index contributed by atoms with van der Waals surface area (Å²) in [6.45, 7) is 0. The monoisotopic (exact) mass is 221 g/mol. The molecule has 1 saturated carbocycles. The largest absolute Gasteiger partial charge is 0.315 e. The third-order valence-electron chi connectivity index (χ3n) is 2.93. The molecule has 3 rings (SSSR count). The van der Waals surface area contributed by atoms with Crippen LogP contribution in [0.2, 0.25) is 0 Å². The first kappa shape index (κ1) is 9.59. The van der Waals surface area contributed by atoms with Gasteiger partial charge in [-0.15, -0.1) is 0 Å². The van der Waals surface area contributed by atoms with Crippen molar-refractivity contribution in [1.82, 2.24) is 9.97 Å². The summed E-state index contributed by atoms with van der Waals surface area (Å²) in [4.78, 5) is 8.21. The molecule has 0 saturated heterocycles. The van der Waals surface area contributed by atoms with Gasteiger partial charge in [0.15, 0.2) is 0 Å². The van der Waals surface area contributed by atoms with Crippen molar-refractivity contribution in [3.05, 3.63) is 36.2 Å². The summed E-state index contributed by atoms with van der Waals surface area (Å²) in [6.07, 6.45) is 0.982. The van der Waals surface area contributed by atoms with E-state index in [9.17, 15) is 8.78 Å². The average Bonchev–Trinajstić information content (AvgIpc) is 2.79. The van der Waals surface area contributed by atoms with E-state index >= 15 is 0 Å². The molecule has 1 aromatic carbocycles. The normalized spacial score (nSPS) is 26.9. The van der Waals surface area contributed by atoms with Gasteiger partial charge in [-0.05, 0) is 12.1 Å². The first-order valence-electron chi connectivity index (χ1n) is 4.92. The summed E-state index contributed by atoms with van der Waals surface area (Å²) >= 11 is 0. The maximum absolute atomic E-state index is 13.1. The first-order valence-corrected chi connectivity index (χ1v) is 4.92. The fraction of sp³-hybridized carbons (Fsp3) is 0.273. The molecule has 1 aliphatic rings. The van der Waals surface area contributed by atoms with Gasteiger partial charge in [-0.1, -0.05) is 12.1 Å². The summed E-state index contributed by atoms with van der Waals surface area (Å²) in [5, 5.41) is 0. The zero-order valence-electron chi connectivity index (χ0n) is 8.32. The van der Waals surface area contributed by atoms with Crippen LogP contribution in [0.1, 0.15) is 12.1 Å². The molecule has 2 aromatic rings. The lowest BCUT2D eigenvalue weighted by atomic mass is 10.2. The van der Waals surface area contributed by atoms with E-state index < -0.39 is 11.5 Å². The molecule has 3 nitrogen and oxygen atoms in total. The van der Waals surface area contributed by atoms with Gasteiger partial charge in [0.1, 0.15) is 5.54 Å².